The number of amides is 1. The second kappa shape index (κ2) is 6.19. The molecule has 1 aliphatic carbocycles. The number of hydrogen-bond acceptors (Lipinski definition) is 3. The smallest absolute Gasteiger partial charge is 0.239 e. The third kappa shape index (κ3) is 4.00. The molecule has 0 spiro atoms. The van der Waals surface area contributed by atoms with Crippen molar-refractivity contribution < 1.29 is 4.79 Å². The summed E-state index contributed by atoms with van der Waals surface area (Å²) in [4.78, 5) is 13.4. The second-order valence-corrected chi connectivity index (χ2v) is 7.49. The van der Waals surface area contributed by atoms with E-state index in [4.69, 9.17) is 5.73 Å². The van der Waals surface area contributed by atoms with Crippen molar-refractivity contribution in [3.8, 4) is 0 Å². The molecule has 110 valence electrons. The molecule has 1 atom stereocenters. The van der Waals surface area contributed by atoms with Crippen molar-refractivity contribution in [3.63, 3.8) is 0 Å². The molecule has 3 N–H and O–H groups in total. The summed E-state index contributed by atoms with van der Waals surface area (Å²) >= 11 is 1.87. The molecule has 2 rings (SSSR count). The molecule has 1 fully saturated rings. The maximum Gasteiger partial charge on any atom is 0.239 e. The van der Waals surface area contributed by atoms with Gasteiger partial charge in [-0.2, -0.15) is 0 Å². The van der Waals surface area contributed by atoms with Crippen LogP contribution in [0.15, 0.2) is 35.2 Å². The maximum atomic E-state index is 12.1. The molecule has 0 bridgehead atoms. The third-order valence-corrected chi connectivity index (χ3v) is 5.24. The Hall–Kier alpha value is -1.00. The highest BCUT2D eigenvalue weighted by Gasteiger charge is 2.44. The van der Waals surface area contributed by atoms with E-state index >= 15 is 0 Å². The van der Waals surface area contributed by atoms with Gasteiger partial charge in [0.25, 0.3) is 0 Å². The zero-order chi connectivity index (χ0) is 14.6. The summed E-state index contributed by atoms with van der Waals surface area (Å²) in [6, 6.07) is 10.4. The molecule has 1 aliphatic rings. The lowest BCUT2D eigenvalue weighted by Gasteiger charge is -2.24. The van der Waals surface area contributed by atoms with Gasteiger partial charge in [-0.1, -0.05) is 31.5 Å². The van der Waals surface area contributed by atoms with Gasteiger partial charge in [-0.05, 0) is 38.3 Å². The van der Waals surface area contributed by atoms with Crippen molar-refractivity contribution in [2.45, 2.75) is 54.7 Å². The number of carbonyl (C=O) groups excluding carboxylic acids is 1. The van der Waals surface area contributed by atoms with Crippen LogP contribution in [0.1, 0.15) is 39.5 Å². The minimum atomic E-state index is -0.748. The van der Waals surface area contributed by atoms with Gasteiger partial charge in [-0.3, -0.25) is 4.79 Å². The third-order valence-electron chi connectivity index (χ3n) is 3.74. The van der Waals surface area contributed by atoms with Crippen LogP contribution >= 0.6 is 11.8 Å². The quantitative estimate of drug-likeness (QED) is 0.812. The Morgan fingerprint density at radius 2 is 2.05 bits per heavy atom. The van der Waals surface area contributed by atoms with Crippen molar-refractivity contribution in [1.82, 2.24) is 5.32 Å². The zero-order valence-corrected chi connectivity index (χ0v) is 13.1. The van der Waals surface area contributed by atoms with E-state index in [1.165, 1.54) is 4.90 Å². The SMILES string of the molecule is CCCC(C)(N)C(=O)NCC1(Sc2ccccc2)CC1. The number of carbonyl (C=O) groups is 1. The van der Waals surface area contributed by atoms with Gasteiger partial charge in [0, 0.05) is 16.2 Å². The number of nitrogens with two attached hydrogens (primary N) is 1. The summed E-state index contributed by atoms with van der Waals surface area (Å²) in [6.07, 6.45) is 3.95. The van der Waals surface area contributed by atoms with Crippen LogP contribution in [0.2, 0.25) is 0 Å². The van der Waals surface area contributed by atoms with E-state index in [1.807, 2.05) is 31.7 Å². The molecule has 0 saturated heterocycles. The number of thioether (sulfide) groups is 1. The van der Waals surface area contributed by atoms with Crippen LogP contribution in [0.4, 0.5) is 0 Å². The van der Waals surface area contributed by atoms with Crippen LogP contribution in [-0.4, -0.2) is 22.7 Å². The summed E-state index contributed by atoms with van der Waals surface area (Å²) in [7, 11) is 0. The van der Waals surface area contributed by atoms with Crippen LogP contribution in [0, 0.1) is 0 Å². The lowest BCUT2D eigenvalue weighted by atomic mass is 9.96. The lowest BCUT2D eigenvalue weighted by molar-refractivity contribution is -0.126. The van der Waals surface area contributed by atoms with Crippen molar-refractivity contribution >= 4 is 17.7 Å². The predicted molar refractivity (Wildman–Crippen MR) is 84.8 cm³/mol. The predicted octanol–water partition coefficient (Wildman–Crippen LogP) is 2.95. The average Bonchev–Trinajstić information content (AvgIpc) is 3.17. The molecule has 0 aromatic heterocycles. The fourth-order valence-electron chi connectivity index (χ4n) is 2.27. The molecule has 3 nitrogen and oxygen atoms in total. The number of rotatable bonds is 7. The molecule has 1 saturated carbocycles. The fourth-order valence-corrected chi connectivity index (χ4v) is 3.51. The highest BCUT2D eigenvalue weighted by atomic mass is 32.2. The molecule has 4 heteroatoms. The Morgan fingerprint density at radius 3 is 2.60 bits per heavy atom. The van der Waals surface area contributed by atoms with Gasteiger partial charge in [0.15, 0.2) is 0 Å². The minimum absolute atomic E-state index is 0.0284. The number of hydrogen-bond donors (Lipinski definition) is 2. The van der Waals surface area contributed by atoms with Gasteiger partial charge in [-0.25, -0.2) is 0 Å². The first kappa shape index (κ1) is 15.4. The highest BCUT2D eigenvalue weighted by Crippen LogP contribution is 2.51. The topological polar surface area (TPSA) is 55.1 Å². The van der Waals surface area contributed by atoms with E-state index in [9.17, 15) is 4.79 Å². The van der Waals surface area contributed by atoms with Gasteiger partial charge >= 0.3 is 0 Å². The Labute approximate surface area is 125 Å². The Kier molecular flexibility index (Phi) is 4.76. The van der Waals surface area contributed by atoms with Crippen LogP contribution in [0.25, 0.3) is 0 Å². The van der Waals surface area contributed by atoms with Gasteiger partial charge in [-0.15, -0.1) is 11.8 Å². The Balaban J connectivity index is 1.86. The normalized spacial score (nSPS) is 19.1. The first-order valence-corrected chi connectivity index (χ1v) is 8.10. The largest absolute Gasteiger partial charge is 0.353 e. The van der Waals surface area contributed by atoms with Crippen LogP contribution < -0.4 is 11.1 Å². The van der Waals surface area contributed by atoms with Crippen molar-refractivity contribution in [3.05, 3.63) is 30.3 Å². The number of nitrogens with one attached hydrogen (secondary N) is 1. The maximum absolute atomic E-state index is 12.1. The molecule has 1 aromatic carbocycles. The molecule has 20 heavy (non-hydrogen) atoms. The Bertz CT molecular complexity index is 455. The van der Waals surface area contributed by atoms with E-state index in [-0.39, 0.29) is 10.7 Å². The van der Waals surface area contributed by atoms with Crippen molar-refractivity contribution in [2.24, 2.45) is 5.73 Å². The van der Waals surface area contributed by atoms with Crippen LogP contribution in [0.5, 0.6) is 0 Å². The second-order valence-electron chi connectivity index (χ2n) is 5.95. The number of benzene rings is 1. The van der Waals surface area contributed by atoms with Gasteiger partial charge < -0.3 is 11.1 Å². The molecule has 0 aliphatic heterocycles. The first-order valence-electron chi connectivity index (χ1n) is 7.29. The fraction of sp³-hybridized carbons (Fsp3) is 0.562. The first-order chi connectivity index (χ1) is 9.47. The monoisotopic (exact) mass is 292 g/mol. The van der Waals surface area contributed by atoms with Crippen molar-refractivity contribution in [1.29, 1.82) is 0 Å². The highest BCUT2D eigenvalue weighted by molar-refractivity contribution is 8.01. The molecule has 1 aromatic rings. The van der Waals surface area contributed by atoms with E-state index < -0.39 is 5.54 Å². The van der Waals surface area contributed by atoms with E-state index in [2.05, 4.69) is 29.6 Å². The van der Waals surface area contributed by atoms with Crippen molar-refractivity contribution in [2.75, 3.05) is 6.54 Å². The lowest BCUT2D eigenvalue weighted by Crippen LogP contribution is -2.52. The molecule has 0 radical (unpaired) electrons. The van der Waals surface area contributed by atoms with E-state index in [0.717, 1.165) is 25.7 Å². The summed E-state index contributed by atoms with van der Waals surface area (Å²) in [5, 5.41) is 3.05. The zero-order valence-electron chi connectivity index (χ0n) is 12.3. The summed E-state index contributed by atoms with van der Waals surface area (Å²) in [5.74, 6) is -0.0284. The molecule has 1 amide bonds. The average molecular weight is 292 g/mol. The summed E-state index contributed by atoms with van der Waals surface area (Å²) < 4.78 is 0.180. The molecule has 0 heterocycles. The molecular formula is C16H24N2OS. The Morgan fingerprint density at radius 1 is 1.40 bits per heavy atom. The van der Waals surface area contributed by atoms with Gasteiger partial charge in [0.05, 0.1) is 5.54 Å². The summed E-state index contributed by atoms with van der Waals surface area (Å²) in [6.45, 7) is 4.57. The van der Waals surface area contributed by atoms with Crippen LogP contribution in [0.3, 0.4) is 0 Å². The molecule has 1 unspecified atom stereocenters. The standard InChI is InChI=1S/C16H24N2OS/c1-3-9-15(2,17)14(19)18-12-16(10-11-16)20-13-7-5-4-6-8-13/h4-8H,3,9-12,17H2,1-2H3,(H,18,19). The van der Waals surface area contributed by atoms with E-state index in [1.54, 1.807) is 0 Å². The minimum Gasteiger partial charge on any atom is -0.353 e. The van der Waals surface area contributed by atoms with Gasteiger partial charge in [0.1, 0.15) is 0 Å². The molecular weight excluding hydrogens is 268 g/mol. The van der Waals surface area contributed by atoms with Gasteiger partial charge in [0.2, 0.25) is 5.91 Å². The van der Waals surface area contributed by atoms with E-state index in [0.29, 0.717) is 6.54 Å². The van der Waals surface area contributed by atoms with Crippen LogP contribution in [-0.2, 0) is 4.79 Å². The summed E-state index contributed by atoms with van der Waals surface area (Å²) in [5.41, 5.74) is 5.31.